The van der Waals surface area contributed by atoms with Crippen LogP contribution in [0.4, 0.5) is 5.69 Å². The molecule has 2 fully saturated rings. The van der Waals surface area contributed by atoms with Crippen molar-refractivity contribution in [2.24, 2.45) is 5.73 Å². The summed E-state index contributed by atoms with van der Waals surface area (Å²) in [6.45, 7) is 3.18. The van der Waals surface area contributed by atoms with Gasteiger partial charge in [-0.15, -0.1) is 0 Å². The van der Waals surface area contributed by atoms with E-state index in [0.29, 0.717) is 43.9 Å². The lowest BCUT2D eigenvalue weighted by Crippen LogP contribution is -2.56. The molecule has 3 rings (SSSR count). The quantitative estimate of drug-likeness (QED) is 0.568. The molecule has 0 saturated carbocycles. The predicted octanol–water partition coefficient (Wildman–Crippen LogP) is -0.887. The third-order valence-electron chi connectivity index (χ3n) is 5.04. The summed E-state index contributed by atoms with van der Waals surface area (Å²) in [5.41, 5.74) is 6.17. The number of sulfonamides is 1. The number of amides is 3. The number of benzene rings is 1. The standard InChI is InChI=1S/C18H24N4O6S/c1-12-13(22-7-3-6-15(22)23)4-2-5-14(12)29(26,27)20-16(17(19)24)18(25)21-8-10-28-11-9-21/h2,4-5,16,20H,3,6-11H2,1H3,(H2,19,24)/t16-/m0/s1. The topological polar surface area (TPSA) is 139 Å². The Morgan fingerprint density at radius 2 is 1.90 bits per heavy atom. The predicted molar refractivity (Wildman–Crippen MR) is 103 cm³/mol. The molecule has 2 heterocycles. The molecule has 2 aliphatic heterocycles. The van der Waals surface area contributed by atoms with Crippen molar-refractivity contribution in [1.82, 2.24) is 9.62 Å². The van der Waals surface area contributed by atoms with Crippen molar-refractivity contribution in [3.63, 3.8) is 0 Å². The number of nitrogens with two attached hydrogens (primary N) is 1. The fourth-order valence-electron chi connectivity index (χ4n) is 3.50. The fourth-order valence-corrected chi connectivity index (χ4v) is 4.92. The van der Waals surface area contributed by atoms with Crippen LogP contribution in [0, 0.1) is 6.92 Å². The zero-order valence-corrected chi connectivity index (χ0v) is 16.9. The number of hydrogen-bond acceptors (Lipinski definition) is 6. The molecular weight excluding hydrogens is 400 g/mol. The molecule has 0 bridgehead atoms. The summed E-state index contributed by atoms with van der Waals surface area (Å²) in [6.07, 6.45) is 1.11. The van der Waals surface area contributed by atoms with Crippen molar-refractivity contribution in [1.29, 1.82) is 0 Å². The Bertz CT molecular complexity index is 926. The lowest BCUT2D eigenvalue weighted by atomic mass is 10.2. The average molecular weight is 424 g/mol. The van der Waals surface area contributed by atoms with Crippen LogP contribution in [-0.4, -0.2) is 69.9 Å². The second-order valence-corrected chi connectivity index (χ2v) is 8.63. The molecule has 0 spiro atoms. The molecule has 29 heavy (non-hydrogen) atoms. The van der Waals surface area contributed by atoms with E-state index in [1.54, 1.807) is 17.9 Å². The first-order valence-electron chi connectivity index (χ1n) is 9.30. The van der Waals surface area contributed by atoms with Crippen molar-refractivity contribution < 1.29 is 27.5 Å². The maximum Gasteiger partial charge on any atom is 0.250 e. The monoisotopic (exact) mass is 424 g/mol. The molecule has 3 amide bonds. The van der Waals surface area contributed by atoms with Crippen LogP contribution in [0.2, 0.25) is 0 Å². The van der Waals surface area contributed by atoms with Gasteiger partial charge in [0.05, 0.1) is 18.1 Å². The Labute approximate surface area is 169 Å². The number of carbonyl (C=O) groups is 3. The van der Waals surface area contributed by atoms with E-state index in [0.717, 1.165) is 0 Å². The first kappa shape index (κ1) is 21.2. The molecular formula is C18H24N4O6S. The van der Waals surface area contributed by atoms with Gasteiger partial charge in [0.15, 0.2) is 6.04 Å². The lowest BCUT2D eigenvalue weighted by Gasteiger charge is -2.29. The molecule has 1 aromatic carbocycles. The Hall–Kier alpha value is -2.50. The van der Waals surface area contributed by atoms with E-state index in [1.807, 2.05) is 0 Å². The van der Waals surface area contributed by atoms with Gasteiger partial charge in [-0.05, 0) is 31.0 Å². The maximum atomic E-state index is 13.0. The summed E-state index contributed by atoms with van der Waals surface area (Å²) in [4.78, 5) is 39.3. The van der Waals surface area contributed by atoms with Gasteiger partial charge >= 0.3 is 0 Å². The zero-order chi connectivity index (χ0) is 21.2. The van der Waals surface area contributed by atoms with Crippen molar-refractivity contribution in [2.45, 2.75) is 30.7 Å². The van der Waals surface area contributed by atoms with Crippen LogP contribution in [0.1, 0.15) is 18.4 Å². The number of morpholine rings is 1. The van der Waals surface area contributed by atoms with E-state index in [4.69, 9.17) is 10.5 Å². The summed E-state index contributed by atoms with van der Waals surface area (Å²) in [5.74, 6) is -1.88. The first-order chi connectivity index (χ1) is 13.7. The number of hydrogen-bond donors (Lipinski definition) is 2. The Morgan fingerprint density at radius 1 is 1.21 bits per heavy atom. The van der Waals surface area contributed by atoms with E-state index >= 15 is 0 Å². The van der Waals surface area contributed by atoms with Crippen molar-refractivity contribution >= 4 is 33.4 Å². The summed E-state index contributed by atoms with van der Waals surface area (Å²) in [7, 11) is -4.26. The largest absolute Gasteiger partial charge is 0.378 e. The fraction of sp³-hybridized carbons (Fsp3) is 0.500. The molecule has 0 unspecified atom stereocenters. The van der Waals surface area contributed by atoms with Crippen LogP contribution in [0.3, 0.4) is 0 Å². The molecule has 2 saturated heterocycles. The van der Waals surface area contributed by atoms with Crippen molar-refractivity contribution in [3.8, 4) is 0 Å². The van der Waals surface area contributed by atoms with Crippen LogP contribution in [-0.2, 0) is 29.1 Å². The SMILES string of the molecule is Cc1c(N2CCCC2=O)cccc1S(=O)(=O)N[C@@H](C(N)=O)C(=O)N1CCOCC1. The summed E-state index contributed by atoms with van der Waals surface area (Å²) >= 11 is 0. The van der Waals surface area contributed by atoms with Crippen LogP contribution in [0.25, 0.3) is 0 Å². The van der Waals surface area contributed by atoms with Crippen molar-refractivity contribution in [3.05, 3.63) is 23.8 Å². The molecule has 1 aromatic rings. The molecule has 10 nitrogen and oxygen atoms in total. The summed E-state index contributed by atoms with van der Waals surface area (Å²) in [5, 5.41) is 0. The second-order valence-electron chi connectivity index (χ2n) is 6.94. The highest BCUT2D eigenvalue weighted by Crippen LogP contribution is 2.29. The molecule has 3 N–H and O–H groups in total. The van der Waals surface area contributed by atoms with E-state index < -0.39 is 27.9 Å². The highest BCUT2D eigenvalue weighted by molar-refractivity contribution is 7.89. The van der Waals surface area contributed by atoms with E-state index in [9.17, 15) is 22.8 Å². The molecule has 0 radical (unpaired) electrons. The van der Waals surface area contributed by atoms with E-state index in [-0.39, 0.29) is 23.9 Å². The van der Waals surface area contributed by atoms with Crippen LogP contribution < -0.4 is 15.4 Å². The summed E-state index contributed by atoms with van der Waals surface area (Å²) < 4.78 is 33.3. The number of nitrogens with one attached hydrogen (secondary N) is 1. The Kier molecular flexibility index (Phi) is 6.20. The van der Waals surface area contributed by atoms with E-state index in [1.165, 1.54) is 17.0 Å². The number of primary amides is 1. The van der Waals surface area contributed by atoms with Gasteiger partial charge < -0.3 is 20.3 Å². The minimum absolute atomic E-state index is 0.0758. The number of carbonyl (C=O) groups excluding carboxylic acids is 3. The van der Waals surface area contributed by atoms with E-state index in [2.05, 4.69) is 4.72 Å². The molecule has 0 aromatic heterocycles. The molecule has 11 heteroatoms. The van der Waals surface area contributed by atoms with Crippen LogP contribution >= 0.6 is 0 Å². The summed E-state index contributed by atoms with van der Waals surface area (Å²) in [6, 6.07) is 2.82. The molecule has 1 atom stereocenters. The third-order valence-corrected chi connectivity index (χ3v) is 6.60. The van der Waals surface area contributed by atoms with Gasteiger partial charge in [-0.2, -0.15) is 4.72 Å². The smallest absolute Gasteiger partial charge is 0.250 e. The van der Waals surface area contributed by atoms with Gasteiger partial charge in [0.25, 0.3) is 5.91 Å². The number of anilines is 1. The van der Waals surface area contributed by atoms with Gasteiger partial charge in [0, 0.05) is 31.7 Å². The Morgan fingerprint density at radius 3 is 2.48 bits per heavy atom. The lowest BCUT2D eigenvalue weighted by molar-refractivity contribution is -0.140. The first-order valence-corrected chi connectivity index (χ1v) is 10.8. The van der Waals surface area contributed by atoms with Gasteiger partial charge in [-0.3, -0.25) is 14.4 Å². The van der Waals surface area contributed by atoms with Gasteiger partial charge in [0.1, 0.15) is 0 Å². The second kappa shape index (κ2) is 8.47. The number of ether oxygens (including phenoxy) is 1. The minimum Gasteiger partial charge on any atom is -0.378 e. The highest BCUT2D eigenvalue weighted by Gasteiger charge is 2.35. The highest BCUT2D eigenvalue weighted by atomic mass is 32.2. The molecule has 158 valence electrons. The normalized spacial score (nSPS) is 18.7. The third kappa shape index (κ3) is 4.41. The molecule has 2 aliphatic rings. The average Bonchev–Trinajstić information content (AvgIpc) is 3.12. The van der Waals surface area contributed by atoms with Gasteiger partial charge in [-0.1, -0.05) is 6.07 Å². The van der Waals surface area contributed by atoms with Crippen molar-refractivity contribution in [2.75, 3.05) is 37.7 Å². The maximum absolute atomic E-state index is 13.0. The minimum atomic E-state index is -4.26. The number of rotatable bonds is 6. The molecule has 0 aliphatic carbocycles. The van der Waals surface area contributed by atoms with Gasteiger partial charge in [0.2, 0.25) is 21.8 Å². The Balaban J connectivity index is 1.88. The van der Waals surface area contributed by atoms with Gasteiger partial charge in [-0.25, -0.2) is 8.42 Å². The zero-order valence-electron chi connectivity index (χ0n) is 16.1. The van der Waals surface area contributed by atoms with Crippen LogP contribution in [0.5, 0.6) is 0 Å². The van der Waals surface area contributed by atoms with Crippen LogP contribution in [0.15, 0.2) is 23.1 Å². The number of nitrogens with zero attached hydrogens (tertiary/aromatic N) is 2.